The highest BCUT2D eigenvalue weighted by atomic mass is 35.5. The van der Waals surface area contributed by atoms with Crippen LogP contribution in [0.1, 0.15) is 0 Å². The van der Waals surface area contributed by atoms with Gasteiger partial charge >= 0.3 is 0 Å². The largest absolute Gasteiger partial charge is 0.223 e. The van der Waals surface area contributed by atoms with Gasteiger partial charge in [0.25, 0.3) is 0 Å². The Morgan fingerprint density at radius 1 is 0.720 bits per heavy atom. The van der Waals surface area contributed by atoms with Crippen LogP contribution in [0.25, 0.3) is 0 Å². The van der Waals surface area contributed by atoms with Gasteiger partial charge in [-0.05, 0) is 60.7 Å². The second-order valence-electron chi connectivity index (χ2n) is 5.35. The first-order valence-electron chi connectivity index (χ1n) is 7.11. The van der Waals surface area contributed by atoms with E-state index in [4.69, 9.17) is 23.2 Å². The Morgan fingerprint density at radius 3 is 1.72 bits per heavy atom. The van der Waals surface area contributed by atoms with Gasteiger partial charge in [-0.3, -0.25) is 0 Å². The number of hydrogen-bond donors (Lipinski definition) is 0. The molecule has 0 saturated heterocycles. The van der Waals surface area contributed by atoms with Gasteiger partial charge in [0.1, 0.15) is 5.25 Å². The Kier molecular flexibility index (Phi) is 4.81. The fourth-order valence-corrected chi connectivity index (χ4v) is 5.50. The second kappa shape index (κ2) is 6.61. The molecular formula is C17H12Cl2O4S2. The quantitative estimate of drug-likeness (QED) is 0.755. The molecule has 0 fully saturated rings. The number of halogens is 2. The average Bonchev–Trinajstić information content (AvgIpc) is 3.07. The van der Waals surface area contributed by atoms with Crippen molar-refractivity contribution in [2.24, 2.45) is 0 Å². The van der Waals surface area contributed by atoms with Gasteiger partial charge < -0.3 is 0 Å². The summed E-state index contributed by atoms with van der Waals surface area (Å²) in [7, 11) is -7.55. The van der Waals surface area contributed by atoms with Gasteiger partial charge in [0, 0.05) is 10.0 Å². The molecule has 0 saturated carbocycles. The summed E-state index contributed by atoms with van der Waals surface area (Å²) in [5, 5.41) is -0.216. The molecule has 0 heterocycles. The SMILES string of the molecule is O=S(=O)(C1=CC(S(=O)(=O)c2ccc(Cl)cc2)C=C1)c1ccc(Cl)cc1. The topological polar surface area (TPSA) is 68.3 Å². The van der Waals surface area contributed by atoms with Crippen LogP contribution in [0, 0.1) is 0 Å². The van der Waals surface area contributed by atoms with Crippen LogP contribution in [-0.2, 0) is 19.7 Å². The number of hydrogen-bond acceptors (Lipinski definition) is 4. The van der Waals surface area contributed by atoms with Crippen LogP contribution in [0.5, 0.6) is 0 Å². The van der Waals surface area contributed by atoms with Gasteiger partial charge in [-0.25, -0.2) is 16.8 Å². The van der Waals surface area contributed by atoms with Crippen molar-refractivity contribution in [2.75, 3.05) is 0 Å². The third-order valence-electron chi connectivity index (χ3n) is 3.71. The van der Waals surface area contributed by atoms with Crippen LogP contribution in [0.4, 0.5) is 0 Å². The third-order valence-corrected chi connectivity index (χ3v) is 7.94. The van der Waals surface area contributed by atoms with Crippen LogP contribution < -0.4 is 0 Å². The first kappa shape index (κ1) is 18.2. The van der Waals surface area contributed by atoms with E-state index in [-0.39, 0.29) is 14.7 Å². The highest BCUT2D eigenvalue weighted by Crippen LogP contribution is 2.30. The smallest absolute Gasteiger partial charge is 0.206 e. The molecule has 25 heavy (non-hydrogen) atoms. The van der Waals surface area contributed by atoms with Gasteiger partial charge in [-0.2, -0.15) is 0 Å². The monoisotopic (exact) mass is 414 g/mol. The maximum absolute atomic E-state index is 12.6. The van der Waals surface area contributed by atoms with Crippen molar-refractivity contribution in [3.8, 4) is 0 Å². The zero-order chi connectivity index (χ0) is 18.2. The summed E-state index contributed by atoms with van der Waals surface area (Å²) >= 11 is 11.5. The van der Waals surface area contributed by atoms with E-state index in [2.05, 4.69) is 0 Å². The molecule has 2 aromatic carbocycles. The molecule has 8 heteroatoms. The Bertz CT molecular complexity index is 1070. The molecule has 0 aromatic heterocycles. The molecule has 4 nitrogen and oxygen atoms in total. The predicted octanol–water partition coefficient (Wildman–Crippen LogP) is 4.06. The molecule has 0 radical (unpaired) electrons. The molecule has 3 rings (SSSR count). The molecule has 0 aliphatic heterocycles. The number of allylic oxidation sites excluding steroid dienone is 1. The highest BCUT2D eigenvalue weighted by Gasteiger charge is 2.30. The van der Waals surface area contributed by atoms with Crippen LogP contribution in [-0.4, -0.2) is 22.1 Å². The lowest BCUT2D eigenvalue weighted by atomic mass is 10.4. The lowest BCUT2D eigenvalue weighted by Gasteiger charge is -2.08. The van der Waals surface area contributed by atoms with E-state index in [1.54, 1.807) is 0 Å². The summed E-state index contributed by atoms with van der Waals surface area (Å²) in [5.74, 6) is 0. The normalized spacial score (nSPS) is 17.5. The van der Waals surface area contributed by atoms with Crippen LogP contribution in [0.2, 0.25) is 10.0 Å². The molecule has 1 aliphatic carbocycles. The van der Waals surface area contributed by atoms with E-state index in [1.807, 2.05) is 0 Å². The summed E-state index contributed by atoms with van der Waals surface area (Å²) in [6.07, 6.45) is 3.89. The van der Waals surface area contributed by atoms with E-state index in [0.717, 1.165) is 0 Å². The van der Waals surface area contributed by atoms with E-state index in [0.29, 0.717) is 10.0 Å². The van der Waals surface area contributed by atoms with E-state index in [9.17, 15) is 16.8 Å². The van der Waals surface area contributed by atoms with Crippen LogP contribution >= 0.6 is 23.2 Å². The molecule has 1 aliphatic rings. The van der Waals surface area contributed by atoms with Crippen molar-refractivity contribution in [3.63, 3.8) is 0 Å². The van der Waals surface area contributed by atoms with Gasteiger partial charge in [-0.1, -0.05) is 29.3 Å². The minimum Gasteiger partial charge on any atom is -0.223 e. The molecule has 2 aromatic rings. The second-order valence-corrected chi connectivity index (χ2v) is 10.3. The Morgan fingerprint density at radius 2 is 1.20 bits per heavy atom. The highest BCUT2D eigenvalue weighted by molar-refractivity contribution is 7.96. The van der Waals surface area contributed by atoms with E-state index in [1.165, 1.54) is 66.8 Å². The molecule has 0 amide bonds. The summed E-state index contributed by atoms with van der Waals surface area (Å²) in [4.78, 5) is 0.0719. The summed E-state index contributed by atoms with van der Waals surface area (Å²) in [6.45, 7) is 0. The number of sulfone groups is 2. The van der Waals surface area contributed by atoms with Crippen molar-refractivity contribution in [3.05, 3.63) is 81.7 Å². The van der Waals surface area contributed by atoms with Crippen molar-refractivity contribution in [1.82, 2.24) is 0 Å². The molecular weight excluding hydrogens is 403 g/mol. The zero-order valence-corrected chi connectivity index (χ0v) is 15.8. The third kappa shape index (κ3) is 3.53. The lowest BCUT2D eigenvalue weighted by Crippen LogP contribution is -2.16. The zero-order valence-electron chi connectivity index (χ0n) is 12.6. The first-order chi connectivity index (χ1) is 11.7. The molecule has 0 bridgehead atoms. The van der Waals surface area contributed by atoms with Crippen molar-refractivity contribution < 1.29 is 16.8 Å². The standard InChI is InChI=1S/C17H12Cl2O4S2/c18-12-1-5-14(6-2-12)24(20,21)16-9-10-17(11-16)25(22,23)15-7-3-13(19)4-8-15/h1-11,16H. The van der Waals surface area contributed by atoms with Gasteiger partial charge in [0.05, 0.1) is 14.7 Å². The predicted molar refractivity (Wildman–Crippen MR) is 98.3 cm³/mol. The van der Waals surface area contributed by atoms with Crippen LogP contribution in [0.3, 0.4) is 0 Å². The minimum absolute atomic E-state index is 0.0531. The van der Waals surface area contributed by atoms with Crippen LogP contribution in [0.15, 0.2) is 81.5 Å². The molecule has 0 N–H and O–H groups in total. The molecule has 1 atom stereocenters. The number of rotatable bonds is 4. The van der Waals surface area contributed by atoms with Gasteiger partial charge in [0.2, 0.25) is 9.84 Å². The van der Waals surface area contributed by atoms with E-state index >= 15 is 0 Å². The minimum atomic E-state index is -3.81. The Labute approximate surface area is 156 Å². The Hall–Kier alpha value is -1.60. The van der Waals surface area contributed by atoms with Crippen molar-refractivity contribution in [2.45, 2.75) is 15.0 Å². The van der Waals surface area contributed by atoms with Gasteiger partial charge in [0.15, 0.2) is 9.84 Å². The molecule has 1 unspecified atom stereocenters. The van der Waals surface area contributed by atoms with E-state index < -0.39 is 24.9 Å². The number of benzene rings is 2. The fourth-order valence-electron chi connectivity index (χ4n) is 2.37. The summed E-state index contributed by atoms with van der Waals surface area (Å²) < 4.78 is 50.5. The molecule has 0 spiro atoms. The summed E-state index contributed by atoms with van der Waals surface area (Å²) in [5.41, 5.74) is 0. The van der Waals surface area contributed by atoms with Crippen molar-refractivity contribution >= 4 is 42.9 Å². The fraction of sp³-hybridized carbons (Fsp3) is 0.0588. The first-order valence-corrected chi connectivity index (χ1v) is 10.9. The average molecular weight is 415 g/mol. The lowest BCUT2D eigenvalue weighted by molar-refractivity contribution is 0.594. The summed E-state index contributed by atoms with van der Waals surface area (Å²) in [6, 6.07) is 11.4. The van der Waals surface area contributed by atoms with Crippen molar-refractivity contribution in [1.29, 1.82) is 0 Å². The Balaban J connectivity index is 1.96. The van der Waals surface area contributed by atoms with Gasteiger partial charge in [-0.15, -0.1) is 0 Å². The maximum Gasteiger partial charge on any atom is 0.206 e. The molecule has 130 valence electrons. The maximum atomic E-state index is 12.6.